The van der Waals surface area contributed by atoms with Crippen LogP contribution in [-0.4, -0.2) is 17.9 Å². The highest BCUT2D eigenvalue weighted by Gasteiger charge is 2.63. The molecule has 2 aliphatic rings. The summed E-state index contributed by atoms with van der Waals surface area (Å²) in [5, 5.41) is 21.3. The monoisotopic (exact) mass is 453 g/mol. The Hall–Kier alpha value is -3.93. The Kier molecular flexibility index (Phi) is 5.01. The Labute approximate surface area is 195 Å². The van der Waals surface area contributed by atoms with E-state index in [1.807, 2.05) is 23.1 Å². The lowest BCUT2D eigenvalue weighted by atomic mass is 9.69. The molecule has 2 heterocycles. The molecule has 1 saturated heterocycles. The largest absolute Gasteiger partial charge is 0.351 e. The number of hydrogen-bond acceptors (Lipinski definition) is 4. The van der Waals surface area contributed by atoms with Crippen LogP contribution < -0.4 is 4.90 Å². The average molecular weight is 454 g/mol. The van der Waals surface area contributed by atoms with Gasteiger partial charge in [-0.1, -0.05) is 66.2 Å². The lowest BCUT2D eigenvalue weighted by molar-refractivity contribution is 0.0951. The molecular formula is C27H17ClFN3O. The number of Topliss-reactive ketones (excluding diaryl/α,β-unsaturated/α-hetero) is 1. The lowest BCUT2D eigenvalue weighted by Crippen LogP contribution is -2.44. The molecule has 0 unspecified atom stereocenters. The van der Waals surface area contributed by atoms with Gasteiger partial charge in [-0.25, -0.2) is 4.39 Å². The second-order valence-corrected chi connectivity index (χ2v) is 8.65. The van der Waals surface area contributed by atoms with E-state index in [1.54, 1.807) is 54.6 Å². The van der Waals surface area contributed by atoms with Crippen molar-refractivity contribution in [1.29, 1.82) is 10.5 Å². The first-order chi connectivity index (χ1) is 16.0. The second kappa shape index (κ2) is 7.89. The minimum atomic E-state index is -1.57. The number of rotatable bonds is 3. The number of fused-ring (bicyclic) bond motifs is 3. The van der Waals surface area contributed by atoms with E-state index in [1.165, 1.54) is 12.1 Å². The summed E-state index contributed by atoms with van der Waals surface area (Å²) in [5.41, 5.74) is 0.993. The SMILES string of the molecule is N#CC1(C#N)[C@H](c2ccc(F)cc2)[C@@H](C(=O)c2ccccc2)N2c3ccc(Cl)cc3C=C[C@@H]21. The molecule has 0 amide bonds. The summed E-state index contributed by atoms with van der Waals surface area (Å²) in [6.45, 7) is 0. The van der Waals surface area contributed by atoms with E-state index < -0.39 is 29.2 Å². The molecule has 5 rings (SSSR count). The van der Waals surface area contributed by atoms with Crippen LogP contribution in [0, 0.1) is 33.9 Å². The number of nitrogens with zero attached hydrogens (tertiary/aromatic N) is 3. The maximum atomic E-state index is 14.0. The molecule has 3 aromatic rings. The highest BCUT2D eigenvalue weighted by Crippen LogP contribution is 2.55. The van der Waals surface area contributed by atoms with E-state index in [4.69, 9.17) is 11.6 Å². The molecule has 3 aromatic carbocycles. The number of benzene rings is 3. The van der Waals surface area contributed by atoms with Gasteiger partial charge < -0.3 is 4.90 Å². The van der Waals surface area contributed by atoms with Crippen molar-refractivity contribution >= 4 is 29.1 Å². The number of ketones is 1. The van der Waals surface area contributed by atoms with Crippen LogP contribution in [0.5, 0.6) is 0 Å². The molecule has 0 N–H and O–H groups in total. The first-order valence-corrected chi connectivity index (χ1v) is 10.8. The van der Waals surface area contributed by atoms with E-state index in [-0.39, 0.29) is 5.78 Å². The van der Waals surface area contributed by atoms with Crippen LogP contribution >= 0.6 is 11.6 Å². The molecule has 2 aliphatic heterocycles. The van der Waals surface area contributed by atoms with Crippen molar-refractivity contribution in [2.75, 3.05) is 4.90 Å². The van der Waals surface area contributed by atoms with Gasteiger partial charge in [-0.3, -0.25) is 4.79 Å². The molecule has 33 heavy (non-hydrogen) atoms. The molecule has 3 atom stereocenters. The predicted molar refractivity (Wildman–Crippen MR) is 124 cm³/mol. The summed E-state index contributed by atoms with van der Waals surface area (Å²) in [6, 6.07) is 22.8. The summed E-state index contributed by atoms with van der Waals surface area (Å²) in [4.78, 5) is 15.8. The van der Waals surface area contributed by atoms with E-state index in [2.05, 4.69) is 12.1 Å². The quantitative estimate of drug-likeness (QED) is 0.472. The molecule has 0 saturated carbocycles. The molecule has 0 aromatic heterocycles. The van der Waals surface area contributed by atoms with Crippen molar-refractivity contribution in [3.63, 3.8) is 0 Å². The van der Waals surface area contributed by atoms with Gasteiger partial charge in [0.2, 0.25) is 0 Å². The zero-order chi connectivity index (χ0) is 23.2. The molecule has 6 heteroatoms. The van der Waals surface area contributed by atoms with E-state index in [0.29, 0.717) is 16.1 Å². The molecular weight excluding hydrogens is 437 g/mol. The minimum absolute atomic E-state index is 0.210. The normalized spacial score (nSPS) is 22.1. The van der Waals surface area contributed by atoms with Gasteiger partial charge in [-0.05, 0) is 41.5 Å². The molecule has 0 radical (unpaired) electrons. The average Bonchev–Trinajstić information content (AvgIpc) is 3.15. The Morgan fingerprint density at radius 2 is 1.70 bits per heavy atom. The van der Waals surface area contributed by atoms with Crippen LogP contribution in [0.15, 0.2) is 78.9 Å². The van der Waals surface area contributed by atoms with Crippen LogP contribution in [0.4, 0.5) is 10.1 Å². The Morgan fingerprint density at radius 1 is 1.00 bits per heavy atom. The van der Waals surface area contributed by atoms with Crippen molar-refractivity contribution in [3.8, 4) is 12.1 Å². The van der Waals surface area contributed by atoms with E-state index >= 15 is 0 Å². The number of halogens is 2. The third kappa shape index (κ3) is 3.13. The molecule has 0 aliphatic carbocycles. The molecule has 0 spiro atoms. The van der Waals surface area contributed by atoms with Gasteiger partial charge in [0.25, 0.3) is 0 Å². The van der Waals surface area contributed by atoms with Gasteiger partial charge in [0, 0.05) is 22.2 Å². The van der Waals surface area contributed by atoms with Crippen LogP contribution in [-0.2, 0) is 0 Å². The maximum absolute atomic E-state index is 14.0. The smallest absolute Gasteiger partial charge is 0.185 e. The van der Waals surface area contributed by atoms with Crippen LogP contribution in [0.1, 0.15) is 27.4 Å². The van der Waals surface area contributed by atoms with Crippen molar-refractivity contribution in [3.05, 3.63) is 106 Å². The third-order valence-corrected chi connectivity index (χ3v) is 6.76. The van der Waals surface area contributed by atoms with Crippen molar-refractivity contribution in [2.24, 2.45) is 5.41 Å². The zero-order valence-corrected chi connectivity index (χ0v) is 18.1. The fraction of sp³-hybridized carbons (Fsp3) is 0.148. The minimum Gasteiger partial charge on any atom is -0.351 e. The van der Waals surface area contributed by atoms with Crippen LogP contribution in [0.3, 0.4) is 0 Å². The third-order valence-electron chi connectivity index (χ3n) is 6.52. The summed E-state index contributed by atoms with van der Waals surface area (Å²) in [6.07, 6.45) is 3.63. The summed E-state index contributed by atoms with van der Waals surface area (Å²) >= 11 is 6.20. The lowest BCUT2D eigenvalue weighted by Gasteiger charge is -2.35. The first-order valence-electron chi connectivity index (χ1n) is 10.4. The van der Waals surface area contributed by atoms with E-state index in [9.17, 15) is 19.7 Å². The van der Waals surface area contributed by atoms with E-state index in [0.717, 1.165) is 11.3 Å². The Bertz CT molecular complexity index is 1340. The highest BCUT2D eigenvalue weighted by atomic mass is 35.5. The number of anilines is 1. The fourth-order valence-electron chi connectivity index (χ4n) is 5.08. The molecule has 1 fully saturated rings. The molecule has 0 bridgehead atoms. The van der Waals surface area contributed by atoms with Crippen molar-refractivity contribution in [2.45, 2.75) is 18.0 Å². The molecule has 160 valence electrons. The number of hydrogen-bond donors (Lipinski definition) is 0. The fourth-order valence-corrected chi connectivity index (χ4v) is 5.26. The van der Waals surface area contributed by atoms with Gasteiger partial charge in [0.05, 0.1) is 18.2 Å². The van der Waals surface area contributed by atoms with Gasteiger partial charge in [0.1, 0.15) is 11.9 Å². The van der Waals surface area contributed by atoms with Gasteiger partial charge in [-0.2, -0.15) is 10.5 Å². The summed E-state index contributed by atoms with van der Waals surface area (Å²) < 4.78 is 13.8. The number of carbonyl (C=O) groups is 1. The summed E-state index contributed by atoms with van der Waals surface area (Å²) in [5.74, 6) is -1.45. The van der Waals surface area contributed by atoms with Crippen LogP contribution in [0.2, 0.25) is 5.02 Å². The topological polar surface area (TPSA) is 67.9 Å². The van der Waals surface area contributed by atoms with Crippen molar-refractivity contribution < 1.29 is 9.18 Å². The first kappa shape index (κ1) is 20.9. The Balaban J connectivity index is 1.79. The predicted octanol–water partition coefficient (Wildman–Crippen LogP) is 5.76. The number of nitriles is 2. The maximum Gasteiger partial charge on any atom is 0.185 e. The van der Waals surface area contributed by atoms with Crippen molar-refractivity contribution in [1.82, 2.24) is 0 Å². The van der Waals surface area contributed by atoms with Gasteiger partial charge >= 0.3 is 0 Å². The second-order valence-electron chi connectivity index (χ2n) is 8.21. The number of carbonyl (C=O) groups excluding carboxylic acids is 1. The van der Waals surface area contributed by atoms with Gasteiger partial charge in [-0.15, -0.1) is 0 Å². The summed E-state index contributed by atoms with van der Waals surface area (Å²) in [7, 11) is 0. The zero-order valence-electron chi connectivity index (χ0n) is 17.3. The standard InChI is InChI=1S/C27H17ClFN3O/c28-20-9-12-22-19(14-20)8-13-23-27(15-30,16-31)24(17-6-10-21(29)11-7-17)25(32(22)23)26(33)18-4-2-1-3-5-18/h1-14,23-25H/t23-,24-,25+/m1/s1. The molecule has 4 nitrogen and oxygen atoms in total. The van der Waals surface area contributed by atoms with Gasteiger partial charge in [0.15, 0.2) is 11.2 Å². The van der Waals surface area contributed by atoms with Crippen LogP contribution in [0.25, 0.3) is 6.08 Å². The highest BCUT2D eigenvalue weighted by molar-refractivity contribution is 6.30. The Morgan fingerprint density at radius 3 is 2.36 bits per heavy atom.